The number of nitrogens with two attached hydrogens (primary N) is 3. The van der Waals surface area contributed by atoms with E-state index in [1.165, 1.54) is 4.90 Å². The van der Waals surface area contributed by atoms with Crippen molar-refractivity contribution in [3.8, 4) is 0 Å². The van der Waals surface area contributed by atoms with Crippen LogP contribution >= 0.6 is 0 Å². The van der Waals surface area contributed by atoms with Crippen LogP contribution in [0.1, 0.15) is 75.6 Å². The van der Waals surface area contributed by atoms with Crippen LogP contribution in [0.5, 0.6) is 0 Å². The first-order valence-electron chi connectivity index (χ1n) is 15.3. The number of carbonyl (C=O) groups excluding carboxylic acids is 5. The van der Waals surface area contributed by atoms with Gasteiger partial charge in [-0.3, -0.25) is 24.6 Å². The van der Waals surface area contributed by atoms with Crippen molar-refractivity contribution in [2.45, 2.75) is 89.4 Å². The molecule has 2 rings (SSSR count). The topological polar surface area (TPSA) is 239 Å². The molecule has 1 saturated heterocycles. The standard InChI is InChI=1S/C30H49N9O5/c1-19(2)17-25(38-27(42)23(12-5-6-14-31)36-26(41)21-10-3-4-11-22(21)32)28(43)37-24(13-7-15-35-30(33)34)29(44)39-16-8-9-20(39)18-40/h3-4,10-11,18-20,23-25H,5-9,12-17,31-32H2,1-2H3,(H,36,41)(H,37,43)(H,38,42)(H4,33,34,35). The van der Waals surface area contributed by atoms with E-state index in [9.17, 15) is 24.0 Å². The summed E-state index contributed by atoms with van der Waals surface area (Å²) in [5.41, 5.74) is 17.5. The number of guanidine groups is 1. The van der Waals surface area contributed by atoms with Crippen LogP contribution in [0.4, 0.5) is 5.69 Å². The van der Waals surface area contributed by atoms with E-state index < -0.39 is 41.9 Å². The Bertz CT molecular complexity index is 1150. The number of benzene rings is 1. The van der Waals surface area contributed by atoms with Crippen molar-refractivity contribution in [1.29, 1.82) is 5.41 Å². The maximum Gasteiger partial charge on any atom is 0.254 e. The monoisotopic (exact) mass is 615 g/mol. The third-order valence-electron chi connectivity index (χ3n) is 7.45. The summed E-state index contributed by atoms with van der Waals surface area (Å²) in [5.74, 6) is -2.18. The van der Waals surface area contributed by atoms with Crippen molar-refractivity contribution < 1.29 is 24.0 Å². The van der Waals surface area contributed by atoms with Crippen molar-refractivity contribution in [1.82, 2.24) is 26.2 Å². The lowest BCUT2D eigenvalue weighted by Crippen LogP contribution is -2.57. The number of anilines is 1. The van der Waals surface area contributed by atoms with Gasteiger partial charge in [-0.2, -0.15) is 0 Å². The van der Waals surface area contributed by atoms with Crippen molar-refractivity contribution in [3.63, 3.8) is 0 Å². The molecule has 1 aromatic rings. The van der Waals surface area contributed by atoms with Crippen LogP contribution in [0.15, 0.2) is 24.3 Å². The normalized spacial score (nSPS) is 16.5. The molecule has 0 saturated carbocycles. The van der Waals surface area contributed by atoms with Crippen molar-refractivity contribution in [2.75, 3.05) is 25.4 Å². The van der Waals surface area contributed by atoms with Gasteiger partial charge in [0, 0.05) is 18.8 Å². The minimum absolute atomic E-state index is 0.00684. The van der Waals surface area contributed by atoms with E-state index in [-0.39, 0.29) is 41.9 Å². The molecule has 1 aliphatic rings. The van der Waals surface area contributed by atoms with Gasteiger partial charge in [0.15, 0.2) is 5.96 Å². The van der Waals surface area contributed by atoms with Gasteiger partial charge >= 0.3 is 0 Å². The number of rotatable bonds is 18. The lowest BCUT2D eigenvalue weighted by atomic mass is 10.0. The maximum atomic E-state index is 13.7. The van der Waals surface area contributed by atoms with Gasteiger partial charge in [0.05, 0.1) is 11.6 Å². The number of nitrogens with zero attached hydrogens (tertiary/aromatic N) is 1. The van der Waals surface area contributed by atoms with E-state index in [4.69, 9.17) is 22.6 Å². The molecule has 1 aliphatic heterocycles. The molecule has 44 heavy (non-hydrogen) atoms. The summed E-state index contributed by atoms with van der Waals surface area (Å²) in [6.45, 7) is 4.95. The molecule has 14 nitrogen and oxygen atoms in total. The summed E-state index contributed by atoms with van der Waals surface area (Å²) in [7, 11) is 0. The fraction of sp³-hybridized carbons (Fsp3) is 0.600. The molecule has 1 fully saturated rings. The van der Waals surface area contributed by atoms with Gasteiger partial charge in [-0.25, -0.2) is 0 Å². The summed E-state index contributed by atoms with van der Waals surface area (Å²) >= 11 is 0. The quantitative estimate of drug-likeness (QED) is 0.0363. The van der Waals surface area contributed by atoms with Gasteiger partial charge in [0.2, 0.25) is 17.7 Å². The van der Waals surface area contributed by atoms with Crippen molar-refractivity contribution >= 4 is 41.6 Å². The second-order valence-corrected chi connectivity index (χ2v) is 11.5. The van der Waals surface area contributed by atoms with E-state index in [0.717, 1.165) is 6.29 Å². The van der Waals surface area contributed by atoms with E-state index in [0.29, 0.717) is 58.2 Å². The molecule has 4 amide bonds. The highest BCUT2D eigenvalue weighted by Crippen LogP contribution is 2.18. The zero-order chi connectivity index (χ0) is 32.6. The zero-order valence-electron chi connectivity index (χ0n) is 25.8. The van der Waals surface area contributed by atoms with Crippen LogP contribution in [-0.4, -0.2) is 84.6 Å². The first-order valence-corrected chi connectivity index (χ1v) is 15.3. The van der Waals surface area contributed by atoms with Crippen LogP contribution in [0, 0.1) is 11.3 Å². The highest BCUT2D eigenvalue weighted by molar-refractivity contribution is 6.02. The number of para-hydroxylation sites is 1. The van der Waals surface area contributed by atoms with Crippen LogP contribution in [0.25, 0.3) is 0 Å². The number of unbranched alkanes of at least 4 members (excludes halogenated alkanes) is 1. The minimum Gasteiger partial charge on any atom is -0.398 e. The van der Waals surface area contributed by atoms with E-state index in [1.807, 2.05) is 13.8 Å². The largest absolute Gasteiger partial charge is 0.398 e. The van der Waals surface area contributed by atoms with Crippen molar-refractivity contribution in [3.05, 3.63) is 29.8 Å². The Labute approximate surface area is 259 Å². The SMILES string of the molecule is CC(C)CC(NC(=O)C(CCCCN)NC(=O)c1ccccc1N)C(=O)NC(CCCNC(=N)N)C(=O)N1CCCC1C=O. The smallest absolute Gasteiger partial charge is 0.254 e. The first kappa shape index (κ1) is 36.0. The number of nitrogens with one attached hydrogen (secondary N) is 5. The Morgan fingerprint density at radius 2 is 1.66 bits per heavy atom. The average Bonchev–Trinajstić information content (AvgIpc) is 3.46. The highest BCUT2D eigenvalue weighted by atomic mass is 16.2. The average molecular weight is 616 g/mol. The lowest BCUT2D eigenvalue weighted by Gasteiger charge is -2.29. The van der Waals surface area contributed by atoms with E-state index in [2.05, 4.69) is 21.3 Å². The summed E-state index contributed by atoms with van der Waals surface area (Å²) in [5, 5.41) is 18.4. The van der Waals surface area contributed by atoms with Gasteiger partial charge in [-0.15, -0.1) is 0 Å². The molecule has 0 bridgehead atoms. The highest BCUT2D eigenvalue weighted by Gasteiger charge is 2.35. The number of amides is 4. The summed E-state index contributed by atoms with van der Waals surface area (Å²) in [4.78, 5) is 66.8. The Balaban J connectivity index is 2.23. The number of likely N-dealkylation sites (tertiary alicyclic amines) is 1. The molecule has 1 aromatic carbocycles. The molecule has 0 aromatic heterocycles. The second-order valence-electron chi connectivity index (χ2n) is 11.5. The molecule has 244 valence electrons. The molecular weight excluding hydrogens is 566 g/mol. The number of nitrogen functional groups attached to an aromatic ring is 1. The van der Waals surface area contributed by atoms with Crippen LogP contribution in [0.3, 0.4) is 0 Å². The number of hydrogen-bond donors (Lipinski definition) is 8. The zero-order valence-corrected chi connectivity index (χ0v) is 25.8. The molecule has 0 aliphatic carbocycles. The molecule has 0 spiro atoms. The van der Waals surface area contributed by atoms with Gasteiger partial charge in [0.25, 0.3) is 5.91 Å². The second kappa shape index (κ2) is 18.5. The van der Waals surface area contributed by atoms with Crippen LogP contribution < -0.4 is 38.5 Å². The molecule has 1 heterocycles. The number of carbonyl (C=O) groups is 5. The predicted octanol–water partition coefficient (Wildman–Crippen LogP) is -0.0349. The molecule has 4 unspecified atom stereocenters. The van der Waals surface area contributed by atoms with E-state index in [1.54, 1.807) is 24.3 Å². The molecule has 11 N–H and O–H groups in total. The summed E-state index contributed by atoms with van der Waals surface area (Å²) in [6.07, 6.45) is 4.40. The molecular formula is C30H49N9O5. The van der Waals surface area contributed by atoms with Crippen molar-refractivity contribution in [2.24, 2.45) is 17.4 Å². The van der Waals surface area contributed by atoms with Crippen LogP contribution in [-0.2, 0) is 19.2 Å². The Morgan fingerprint density at radius 3 is 2.30 bits per heavy atom. The summed E-state index contributed by atoms with van der Waals surface area (Å²) < 4.78 is 0. The predicted molar refractivity (Wildman–Crippen MR) is 168 cm³/mol. The van der Waals surface area contributed by atoms with Gasteiger partial charge < -0.3 is 48.2 Å². The molecule has 14 heteroatoms. The Hall–Kier alpha value is -4.20. The fourth-order valence-electron chi connectivity index (χ4n) is 5.14. The van der Waals surface area contributed by atoms with E-state index >= 15 is 0 Å². The fourth-order valence-corrected chi connectivity index (χ4v) is 5.14. The van der Waals surface area contributed by atoms with Gasteiger partial charge in [0.1, 0.15) is 24.4 Å². The van der Waals surface area contributed by atoms with Crippen LogP contribution in [0.2, 0.25) is 0 Å². The lowest BCUT2D eigenvalue weighted by molar-refractivity contribution is -0.139. The number of hydrogen-bond acceptors (Lipinski definition) is 8. The Kier molecular flexibility index (Phi) is 15.1. The molecule has 4 atom stereocenters. The first-order chi connectivity index (χ1) is 21.0. The van der Waals surface area contributed by atoms with Gasteiger partial charge in [-0.05, 0) is 76.0 Å². The third kappa shape index (κ3) is 11.5. The molecule has 0 radical (unpaired) electrons. The third-order valence-corrected chi connectivity index (χ3v) is 7.45. The minimum atomic E-state index is -0.996. The van der Waals surface area contributed by atoms with Gasteiger partial charge in [-0.1, -0.05) is 26.0 Å². The Morgan fingerprint density at radius 1 is 1.00 bits per heavy atom. The number of aldehydes is 1. The summed E-state index contributed by atoms with van der Waals surface area (Å²) in [6, 6.07) is 3.07. The maximum absolute atomic E-state index is 13.7.